The molecule has 0 amide bonds. The highest BCUT2D eigenvalue weighted by Gasteiger charge is 2.22. The van der Waals surface area contributed by atoms with Gasteiger partial charge in [-0.25, -0.2) is 0 Å². The van der Waals surface area contributed by atoms with Gasteiger partial charge in [0.05, 0.1) is 5.92 Å². The first-order valence-electron chi connectivity index (χ1n) is 8.06. The third kappa shape index (κ3) is 6.25. The van der Waals surface area contributed by atoms with E-state index in [2.05, 4.69) is 12.2 Å². The fourth-order valence-corrected chi connectivity index (χ4v) is 2.41. The molecule has 120 valence electrons. The van der Waals surface area contributed by atoms with Crippen LogP contribution in [0.25, 0.3) is 0 Å². The summed E-state index contributed by atoms with van der Waals surface area (Å²) in [6, 6.07) is 7.21. The van der Waals surface area contributed by atoms with Gasteiger partial charge in [-0.3, -0.25) is 9.59 Å². The number of aryl methyl sites for hydroxylation is 1. The van der Waals surface area contributed by atoms with Crippen LogP contribution in [0.1, 0.15) is 51.5 Å². The zero-order valence-electron chi connectivity index (χ0n) is 13.5. The summed E-state index contributed by atoms with van der Waals surface area (Å²) in [4.78, 5) is 23.6. The van der Waals surface area contributed by atoms with Crippen molar-refractivity contribution >= 4 is 11.6 Å². The summed E-state index contributed by atoms with van der Waals surface area (Å²) >= 11 is 0. The molecule has 0 aliphatic rings. The quantitative estimate of drug-likeness (QED) is 0.519. The molecule has 0 heterocycles. The van der Waals surface area contributed by atoms with Crippen molar-refractivity contribution in [1.82, 2.24) is 0 Å². The molecule has 0 aromatic heterocycles. The van der Waals surface area contributed by atoms with Crippen molar-refractivity contribution in [3.05, 3.63) is 42.0 Å². The number of Topliss-reactive ketones (excluding diaryl/α,β-unsaturated/α-hetero) is 2. The van der Waals surface area contributed by atoms with Crippen LogP contribution in [0.3, 0.4) is 0 Å². The molecule has 22 heavy (non-hydrogen) atoms. The maximum Gasteiger partial charge on any atom is 0.143 e. The number of carbonyl (C=O) groups is 2. The number of aromatic hydroxyl groups is 1. The molecule has 1 aromatic carbocycles. The van der Waals surface area contributed by atoms with Crippen molar-refractivity contribution in [3.8, 4) is 5.75 Å². The number of hydrogen-bond acceptors (Lipinski definition) is 3. The number of rotatable bonds is 10. The largest absolute Gasteiger partial charge is 0.508 e. The summed E-state index contributed by atoms with van der Waals surface area (Å²) in [5.74, 6) is -0.0167. The molecule has 3 heteroatoms. The number of allylic oxidation sites excluding steroid dienone is 2. The van der Waals surface area contributed by atoms with Gasteiger partial charge in [-0.2, -0.15) is 0 Å². The Morgan fingerprint density at radius 3 is 2.09 bits per heavy atom. The van der Waals surface area contributed by atoms with E-state index in [4.69, 9.17) is 0 Å². The summed E-state index contributed by atoms with van der Waals surface area (Å²) in [6.07, 6.45) is 8.23. The van der Waals surface area contributed by atoms with E-state index in [1.54, 1.807) is 12.1 Å². The summed E-state index contributed by atoms with van der Waals surface area (Å²) < 4.78 is 0. The summed E-state index contributed by atoms with van der Waals surface area (Å²) in [5, 5.41) is 9.21. The highest BCUT2D eigenvalue weighted by Crippen LogP contribution is 2.15. The third-order valence-corrected chi connectivity index (χ3v) is 3.80. The molecule has 0 atom stereocenters. The lowest BCUT2D eigenvalue weighted by Gasteiger charge is -2.11. The van der Waals surface area contributed by atoms with Crippen molar-refractivity contribution in [2.24, 2.45) is 5.92 Å². The Kier molecular flexibility index (Phi) is 8.19. The fraction of sp³-hybridized carbons (Fsp3) is 0.474. The van der Waals surface area contributed by atoms with E-state index < -0.39 is 5.92 Å². The van der Waals surface area contributed by atoms with Gasteiger partial charge in [-0.05, 0) is 43.4 Å². The van der Waals surface area contributed by atoms with Crippen LogP contribution < -0.4 is 0 Å². The molecule has 1 N–H and O–H groups in total. The Balaban J connectivity index is 2.33. The molecular weight excluding hydrogens is 276 g/mol. The van der Waals surface area contributed by atoms with Gasteiger partial charge in [0.15, 0.2) is 0 Å². The minimum atomic E-state index is -0.420. The van der Waals surface area contributed by atoms with Gasteiger partial charge in [0.25, 0.3) is 0 Å². The van der Waals surface area contributed by atoms with Crippen LogP contribution in [0.4, 0.5) is 0 Å². The lowest BCUT2D eigenvalue weighted by molar-refractivity contribution is -0.132. The van der Waals surface area contributed by atoms with Gasteiger partial charge in [-0.1, -0.05) is 38.1 Å². The van der Waals surface area contributed by atoms with E-state index in [9.17, 15) is 14.7 Å². The molecule has 0 saturated heterocycles. The summed E-state index contributed by atoms with van der Waals surface area (Å²) in [6.45, 7) is 3.62. The number of benzene rings is 1. The molecule has 0 fully saturated rings. The third-order valence-electron chi connectivity index (χ3n) is 3.80. The van der Waals surface area contributed by atoms with Crippen molar-refractivity contribution < 1.29 is 14.7 Å². The Morgan fingerprint density at radius 1 is 1.00 bits per heavy atom. The van der Waals surface area contributed by atoms with Gasteiger partial charge in [0.2, 0.25) is 0 Å². The molecule has 0 unspecified atom stereocenters. The van der Waals surface area contributed by atoms with E-state index in [-0.39, 0.29) is 17.3 Å². The zero-order chi connectivity index (χ0) is 16.4. The van der Waals surface area contributed by atoms with Gasteiger partial charge in [-0.15, -0.1) is 0 Å². The summed E-state index contributed by atoms with van der Waals surface area (Å²) in [7, 11) is 0. The van der Waals surface area contributed by atoms with Gasteiger partial charge in [0, 0.05) is 12.8 Å². The number of hydrogen-bond donors (Lipinski definition) is 1. The van der Waals surface area contributed by atoms with Crippen LogP contribution in [0.5, 0.6) is 5.75 Å². The second kappa shape index (κ2) is 9.93. The molecule has 0 saturated carbocycles. The molecule has 0 radical (unpaired) electrons. The average molecular weight is 302 g/mol. The highest BCUT2D eigenvalue weighted by atomic mass is 16.3. The SMILES string of the molecule is CCC(=O)C(CC/C=C/CCc1ccc(O)cc1)C(=O)CC. The maximum absolute atomic E-state index is 11.8. The molecular formula is C19H26O3. The monoisotopic (exact) mass is 302 g/mol. The predicted octanol–water partition coefficient (Wildman–Crippen LogP) is 4.24. The lowest BCUT2D eigenvalue weighted by atomic mass is 9.91. The normalized spacial score (nSPS) is 11.2. The molecule has 1 rings (SSSR count). The van der Waals surface area contributed by atoms with Crippen LogP contribution in [-0.4, -0.2) is 16.7 Å². The van der Waals surface area contributed by atoms with Crippen LogP contribution >= 0.6 is 0 Å². The van der Waals surface area contributed by atoms with Crippen molar-refractivity contribution in [2.75, 3.05) is 0 Å². The van der Waals surface area contributed by atoms with E-state index in [0.717, 1.165) is 19.3 Å². The molecule has 0 aliphatic heterocycles. The number of phenols is 1. The van der Waals surface area contributed by atoms with Crippen LogP contribution in [0, 0.1) is 5.92 Å². The number of carbonyl (C=O) groups excluding carboxylic acids is 2. The van der Waals surface area contributed by atoms with E-state index in [1.807, 2.05) is 26.0 Å². The molecule has 0 aliphatic carbocycles. The van der Waals surface area contributed by atoms with Gasteiger partial charge < -0.3 is 5.11 Å². The van der Waals surface area contributed by atoms with Gasteiger partial charge in [0.1, 0.15) is 17.3 Å². The average Bonchev–Trinajstić information content (AvgIpc) is 2.54. The number of phenolic OH excluding ortho intramolecular Hbond substituents is 1. The lowest BCUT2D eigenvalue weighted by Crippen LogP contribution is -2.22. The smallest absolute Gasteiger partial charge is 0.143 e. The highest BCUT2D eigenvalue weighted by molar-refractivity contribution is 6.02. The predicted molar refractivity (Wildman–Crippen MR) is 88.9 cm³/mol. The first kappa shape index (κ1) is 18.1. The minimum Gasteiger partial charge on any atom is -0.508 e. The Labute approximate surface area is 133 Å². The second-order valence-electron chi connectivity index (χ2n) is 5.45. The first-order chi connectivity index (χ1) is 10.6. The molecule has 0 spiro atoms. The van der Waals surface area contributed by atoms with Crippen LogP contribution in [0.2, 0.25) is 0 Å². The van der Waals surface area contributed by atoms with E-state index in [0.29, 0.717) is 19.3 Å². The Bertz CT molecular complexity index is 484. The van der Waals surface area contributed by atoms with E-state index >= 15 is 0 Å². The fourth-order valence-electron chi connectivity index (χ4n) is 2.41. The topological polar surface area (TPSA) is 54.4 Å². The van der Waals surface area contributed by atoms with Crippen molar-refractivity contribution in [1.29, 1.82) is 0 Å². The van der Waals surface area contributed by atoms with Crippen LogP contribution in [0.15, 0.2) is 36.4 Å². The van der Waals surface area contributed by atoms with Crippen molar-refractivity contribution in [2.45, 2.75) is 52.4 Å². The second-order valence-corrected chi connectivity index (χ2v) is 5.45. The van der Waals surface area contributed by atoms with Crippen LogP contribution in [-0.2, 0) is 16.0 Å². The van der Waals surface area contributed by atoms with Gasteiger partial charge >= 0.3 is 0 Å². The standard InChI is InChI=1S/C19H26O3/c1-3-18(21)17(19(22)4-2)10-8-6-5-7-9-15-11-13-16(20)14-12-15/h5-6,11-14,17,20H,3-4,7-10H2,1-2H3/b6-5+. The number of ketones is 2. The Hall–Kier alpha value is -1.90. The molecule has 3 nitrogen and oxygen atoms in total. The first-order valence-corrected chi connectivity index (χ1v) is 8.06. The Morgan fingerprint density at radius 2 is 1.55 bits per heavy atom. The van der Waals surface area contributed by atoms with Crippen molar-refractivity contribution in [3.63, 3.8) is 0 Å². The molecule has 1 aromatic rings. The zero-order valence-corrected chi connectivity index (χ0v) is 13.5. The summed E-state index contributed by atoms with van der Waals surface area (Å²) in [5.41, 5.74) is 1.18. The maximum atomic E-state index is 11.8. The molecule has 0 bridgehead atoms. The van der Waals surface area contributed by atoms with E-state index in [1.165, 1.54) is 5.56 Å². The minimum absolute atomic E-state index is 0.0596.